The molecule has 3 atom stereocenters. The second-order valence-corrected chi connectivity index (χ2v) is 14.9. The van der Waals surface area contributed by atoms with E-state index < -0.39 is 60.4 Å². The van der Waals surface area contributed by atoms with Gasteiger partial charge in [-0.25, -0.2) is 14.6 Å². The number of halogens is 20. The van der Waals surface area contributed by atoms with Gasteiger partial charge in [-0.15, -0.1) is 23.2 Å². The number of allylic oxidation sites excluding steroid dienone is 2. The van der Waals surface area contributed by atoms with E-state index in [2.05, 4.69) is 29.6 Å². The Morgan fingerprint density at radius 1 is 0.887 bits per heavy atom. The molecule has 316 valence electrons. The molecule has 1 aliphatic heterocycles. The van der Waals surface area contributed by atoms with Crippen molar-refractivity contribution in [3.05, 3.63) is 23.8 Å². The lowest BCUT2D eigenvalue weighted by Crippen LogP contribution is -2.74. The molecule has 1 aliphatic carbocycles. The summed E-state index contributed by atoms with van der Waals surface area (Å²) in [4.78, 5) is -2.36. The molecule has 3 N–H and O–H groups in total. The van der Waals surface area contributed by atoms with Crippen LogP contribution in [0.2, 0.25) is 0 Å². The number of aliphatic hydroxyl groups excluding tert-OH is 1. The standard InChI is InChI=1S/C10H16O.C8BrF17.C7H15Cl2N2O4P/c1-8(2)10-5-3-9(7-11)4-6-10;9-7(22,23)5(18,19)3(14,15)1(10,11)2(12,13)4(16,17)6(20,21)8(24,25)26;8-2-4-11(5-3-9)16(13)10-7(15-12)1-6-14-16/h3,10-11H,1,4-7H2,2H3;;7,12H,1-6H2,(H,10,13)/t;;7-,16-/m..0/s1. The van der Waals surface area contributed by atoms with Crippen molar-refractivity contribution < 1.29 is 99.0 Å². The van der Waals surface area contributed by atoms with Crippen LogP contribution in [-0.2, 0) is 14.0 Å². The highest BCUT2D eigenvalue weighted by molar-refractivity contribution is 9.10. The fraction of sp³-hybridized carbons (Fsp3) is 0.840. The summed E-state index contributed by atoms with van der Waals surface area (Å²) in [7, 11) is -3.20. The number of rotatable bonds is 14. The minimum atomic E-state index is -8.58. The molecule has 0 saturated carbocycles. The number of nitrogens with zero attached hydrogens (tertiary/aromatic N) is 1. The molecule has 0 amide bonds. The van der Waals surface area contributed by atoms with Crippen molar-refractivity contribution in [2.24, 2.45) is 5.92 Å². The van der Waals surface area contributed by atoms with E-state index in [1.807, 2.05) is 0 Å². The number of hydrogen-bond donors (Lipinski definition) is 3. The third-order valence-corrected chi connectivity index (χ3v) is 10.4. The Balaban J connectivity index is 0.000000843. The molecule has 1 fully saturated rings. The molecule has 0 aromatic rings. The van der Waals surface area contributed by atoms with Gasteiger partial charge in [-0.2, -0.15) is 74.6 Å². The fourth-order valence-electron chi connectivity index (χ4n) is 4.00. The maximum atomic E-state index is 12.9. The van der Waals surface area contributed by atoms with Crippen molar-refractivity contribution >= 4 is 46.8 Å². The molecule has 7 nitrogen and oxygen atoms in total. The summed E-state index contributed by atoms with van der Waals surface area (Å²) < 4.78 is 231. The van der Waals surface area contributed by atoms with Gasteiger partial charge in [0.2, 0.25) is 0 Å². The molecule has 2 rings (SSSR count). The predicted octanol–water partition coefficient (Wildman–Crippen LogP) is 10.3. The molecule has 1 heterocycles. The van der Waals surface area contributed by atoms with Crippen LogP contribution in [0.4, 0.5) is 74.6 Å². The molecule has 28 heteroatoms. The summed E-state index contributed by atoms with van der Waals surface area (Å²) in [6.07, 6.45) is -2.56. The Bertz CT molecular complexity index is 1220. The van der Waals surface area contributed by atoms with E-state index in [1.54, 1.807) is 0 Å². The maximum absolute atomic E-state index is 12.9. The predicted molar refractivity (Wildman–Crippen MR) is 159 cm³/mol. The first-order valence-electron chi connectivity index (χ1n) is 14.2. The number of nitrogens with one attached hydrogen (secondary N) is 1. The number of hydrogen-bond acceptors (Lipinski definition) is 5. The Labute approximate surface area is 308 Å². The zero-order chi connectivity index (χ0) is 42.3. The third kappa shape index (κ3) is 11.5. The molecular weight excluding hydrogens is 913 g/mol. The van der Waals surface area contributed by atoms with Crippen LogP contribution in [0, 0.1) is 5.92 Å². The lowest BCUT2D eigenvalue weighted by molar-refractivity contribution is -0.457. The van der Waals surface area contributed by atoms with E-state index >= 15 is 0 Å². The summed E-state index contributed by atoms with van der Waals surface area (Å²) in [6.45, 7) is 7.28. The van der Waals surface area contributed by atoms with E-state index in [-0.39, 0.29) is 13.2 Å². The van der Waals surface area contributed by atoms with Crippen molar-refractivity contribution in [2.75, 3.05) is 38.1 Å². The van der Waals surface area contributed by atoms with Crippen molar-refractivity contribution in [3.63, 3.8) is 0 Å². The van der Waals surface area contributed by atoms with Crippen LogP contribution in [-0.4, -0.2) is 106 Å². The van der Waals surface area contributed by atoms with Gasteiger partial charge in [-0.3, -0.25) is 9.82 Å². The number of aliphatic hydroxyl groups is 1. The molecule has 0 radical (unpaired) electrons. The van der Waals surface area contributed by atoms with Crippen LogP contribution in [0.5, 0.6) is 0 Å². The van der Waals surface area contributed by atoms with Crippen LogP contribution in [0.25, 0.3) is 0 Å². The summed E-state index contributed by atoms with van der Waals surface area (Å²) in [5.74, 6) is -48.3. The Hall–Kier alpha value is -0.660. The molecule has 2 aliphatic rings. The van der Waals surface area contributed by atoms with E-state index in [0.717, 1.165) is 12.8 Å². The first kappa shape index (κ1) is 52.3. The highest BCUT2D eigenvalue weighted by atomic mass is 79.9. The van der Waals surface area contributed by atoms with Gasteiger partial charge in [0, 0.05) is 31.3 Å². The average molecular weight is 944 g/mol. The van der Waals surface area contributed by atoms with Crippen LogP contribution in [0.3, 0.4) is 0 Å². The van der Waals surface area contributed by atoms with Gasteiger partial charge < -0.3 is 9.63 Å². The number of alkyl halides is 20. The largest absolute Gasteiger partial charge is 0.460 e. The summed E-state index contributed by atoms with van der Waals surface area (Å²) in [5, 5.41) is 20.0. The molecule has 1 saturated heterocycles. The Morgan fingerprint density at radius 3 is 1.64 bits per heavy atom. The van der Waals surface area contributed by atoms with E-state index in [0.29, 0.717) is 53.1 Å². The van der Waals surface area contributed by atoms with Crippen LogP contribution < -0.4 is 5.09 Å². The molecule has 0 bridgehead atoms. The van der Waals surface area contributed by atoms with Crippen molar-refractivity contribution in [1.29, 1.82) is 0 Å². The van der Waals surface area contributed by atoms with Gasteiger partial charge in [0.15, 0.2) is 6.23 Å². The lowest BCUT2D eigenvalue weighted by atomic mass is 9.86. The van der Waals surface area contributed by atoms with Crippen molar-refractivity contribution in [2.45, 2.75) is 85.4 Å². The highest BCUT2D eigenvalue weighted by Crippen LogP contribution is 2.64. The zero-order valence-corrected chi connectivity index (χ0v) is 30.6. The van der Waals surface area contributed by atoms with Gasteiger partial charge in [-0.1, -0.05) is 18.2 Å². The van der Waals surface area contributed by atoms with E-state index in [4.69, 9.17) is 38.1 Å². The molecule has 1 unspecified atom stereocenters. The average Bonchev–Trinajstić information content (AvgIpc) is 3.03. The maximum Gasteiger partial charge on any atom is 0.460 e. The third-order valence-electron chi connectivity index (χ3n) is 7.23. The van der Waals surface area contributed by atoms with Gasteiger partial charge in [0.05, 0.1) is 13.2 Å². The second-order valence-electron chi connectivity index (χ2n) is 11.0. The summed E-state index contributed by atoms with van der Waals surface area (Å²) in [5.41, 5.74) is 2.47. The smallest absolute Gasteiger partial charge is 0.392 e. The quantitative estimate of drug-likeness (QED) is 0.0399. The summed E-state index contributed by atoms with van der Waals surface area (Å²) >= 11 is 11.6. The van der Waals surface area contributed by atoms with Crippen LogP contribution in [0.1, 0.15) is 32.6 Å². The summed E-state index contributed by atoms with van der Waals surface area (Å²) in [6, 6.07) is 0. The van der Waals surface area contributed by atoms with Gasteiger partial charge in [0.25, 0.3) is 0 Å². The molecule has 0 aromatic carbocycles. The van der Waals surface area contributed by atoms with Crippen molar-refractivity contribution in [1.82, 2.24) is 9.76 Å². The Morgan fingerprint density at radius 2 is 1.32 bits per heavy atom. The molecule has 0 spiro atoms. The normalized spacial score (nSPS) is 22.7. The van der Waals surface area contributed by atoms with Crippen LogP contribution in [0.15, 0.2) is 23.8 Å². The van der Waals surface area contributed by atoms with E-state index in [9.17, 15) is 79.2 Å². The van der Waals surface area contributed by atoms with E-state index in [1.165, 1.54) is 22.2 Å². The molecule has 53 heavy (non-hydrogen) atoms. The Kier molecular flexibility index (Phi) is 19.0. The molecule has 0 aromatic heterocycles. The van der Waals surface area contributed by atoms with Crippen LogP contribution >= 0.6 is 46.8 Å². The first-order valence-corrected chi connectivity index (χ1v) is 17.6. The SMILES string of the molecule is C=C(C)C1CC=C(CO)CC1.FC(F)(F)C(F)(F)C(F)(F)C(F)(F)C(F)(F)C(F)(F)C(F)(F)C(F)(F)Br.O=[P@@]1(N(CCCl)CCCl)N[C@@H](OO)CCO1. The lowest BCUT2D eigenvalue weighted by Gasteiger charge is -2.42. The highest BCUT2D eigenvalue weighted by Gasteiger charge is 2.95. The minimum Gasteiger partial charge on any atom is -0.392 e. The monoisotopic (exact) mass is 942 g/mol. The molecular formula is C25H31BrCl2F17N2O5P. The van der Waals surface area contributed by atoms with Gasteiger partial charge >= 0.3 is 54.2 Å². The van der Waals surface area contributed by atoms with Gasteiger partial charge in [0.1, 0.15) is 0 Å². The van der Waals surface area contributed by atoms with Crippen molar-refractivity contribution in [3.8, 4) is 0 Å². The topological polar surface area (TPSA) is 91.3 Å². The first-order chi connectivity index (χ1) is 23.6. The second kappa shape index (κ2) is 19.2. The zero-order valence-electron chi connectivity index (χ0n) is 26.6. The van der Waals surface area contributed by atoms with Gasteiger partial charge in [-0.05, 0) is 53.6 Å². The fourth-order valence-corrected chi connectivity index (χ4v) is 6.91. The minimum absolute atomic E-state index is 0.239.